The van der Waals surface area contributed by atoms with E-state index in [4.69, 9.17) is 7.48 Å². The van der Waals surface area contributed by atoms with Gasteiger partial charge >= 0.3 is 6.01 Å². The van der Waals surface area contributed by atoms with E-state index in [0.29, 0.717) is 53.5 Å². The Bertz CT molecular complexity index is 1730. The number of benzene rings is 2. The Morgan fingerprint density at radius 3 is 2.68 bits per heavy atom. The number of rotatable bonds is 6. The van der Waals surface area contributed by atoms with Crippen molar-refractivity contribution in [3.63, 3.8) is 0 Å². The number of anilines is 1. The lowest BCUT2D eigenvalue weighted by atomic mass is 9.94. The molecule has 0 unspecified atom stereocenters. The number of phenols is 1. The minimum Gasteiger partial charge on any atom is -0.508 e. The molecular weight excluding hydrogens is 526 g/mol. The van der Waals surface area contributed by atoms with Crippen molar-refractivity contribution in [1.82, 2.24) is 25.2 Å². The highest BCUT2D eigenvalue weighted by Crippen LogP contribution is 2.39. The summed E-state index contributed by atoms with van der Waals surface area (Å²) >= 11 is 0. The molecule has 0 spiro atoms. The second-order valence-corrected chi connectivity index (χ2v) is 11.4. The second-order valence-electron chi connectivity index (χ2n) is 11.4. The first kappa shape index (κ1) is 24.0. The summed E-state index contributed by atoms with van der Waals surface area (Å²) in [7, 11) is 1.85. The van der Waals surface area contributed by atoms with Crippen LogP contribution in [0.4, 0.5) is 14.6 Å². The van der Waals surface area contributed by atoms with Gasteiger partial charge in [-0.3, -0.25) is 4.98 Å². The first-order chi connectivity index (χ1) is 20.6. The molecule has 5 heterocycles. The van der Waals surface area contributed by atoms with Gasteiger partial charge in [0.25, 0.3) is 0 Å². The summed E-state index contributed by atoms with van der Waals surface area (Å²) < 4.78 is 54.9. The number of nitrogens with zero attached hydrogens (tertiary/aromatic N) is 5. The molecule has 3 saturated heterocycles. The van der Waals surface area contributed by atoms with Crippen molar-refractivity contribution in [3.05, 3.63) is 47.7 Å². The Kier molecular flexibility index (Phi) is 6.05. The third-order valence-electron chi connectivity index (χ3n) is 8.73. The van der Waals surface area contributed by atoms with Crippen LogP contribution in [0, 0.1) is 11.6 Å². The largest absolute Gasteiger partial charge is 0.508 e. The molecule has 10 heteroatoms. The predicted molar refractivity (Wildman–Crippen MR) is 155 cm³/mol. The molecule has 2 N–H and O–H groups in total. The highest BCUT2D eigenvalue weighted by Gasteiger charge is 2.34. The highest BCUT2D eigenvalue weighted by molar-refractivity contribution is 6.01. The van der Waals surface area contributed by atoms with Gasteiger partial charge in [-0.15, -0.1) is 0 Å². The van der Waals surface area contributed by atoms with E-state index >= 15 is 4.39 Å². The average Bonchev–Trinajstić information content (AvgIpc) is 3.57. The number of piperazine rings is 1. The molecule has 7 rings (SSSR count). The lowest BCUT2D eigenvalue weighted by molar-refractivity contribution is 0.188. The molecular formula is C31H34F2N6O2. The zero-order valence-corrected chi connectivity index (χ0v) is 23.1. The molecule has 2 aromatic heterocycles. The summed E-state index contributed by atoms with van der Waals surface area (Å²) in [5.74, 6) is -0.861. The van der Waals surface area contributed by atoms with Gasteiger partial charge in [-0.25, -0.2) is 8.78 Å². The van der Waals surface area contributed by atoms with Crippen LogP contribution in [-0.2, 0) is 6.42 Å². The number of nitrogens with one attached hydrogen (secondary N) is 1. The van der Waals surface area contributed by atoms with Gasteiger partial charge in [0.2, 0.25) is 0 Å². The van der Waals surface area contributed by atoms with E-state index in [1.54, 1.807) is 6.07 Å². The van der Waals surface area contributed by atoms with Crippen molar-refractivity contribution >= 4 is 27.5 Å². The van der Waals surface area contributed by atoms with E-state index in [0.717, 1.165) is 25.8 Å². The number of pyridine rings is 1. The van der Waals surface area contributed by atoms with Gasteiger partial charge in [-0.2, -0.15) is 9.97 Å². The summed E-state index contributed by atoms with van der Waals surface area (Å²) in [6.07, 6.45) is 5.39. The molecule has 41 heavy (non-hydrogen) atoms. The second kappa shape index (κ2) is 10.3. The minimum absolute atomic E-state index is 0.0719. The van der Waals surface area contributed by atoms with Gasteiger partial charge in [0, 0.05) is 43.0 Å². The quantitative estimate of drug-likeness (QED) is 0.347. The smallest absolute Gasteiger partial charge is 0.319 e. The van der Waals surface area contributed by atoms with Crippen LogP contribution in [0.2, 0.25) is 0 Å². The zero-order chi connectivity index (χ0) is 30.0. The van der Waals surface area contributed by atoms with Crippen molar-refractivity contribution in [2.75, 3.05) is 38.1 Å². The molecule has 3 atom stereocenters. The normalized spacial score (nSPS) is 23.8. The molecule has 2 aromatic carbocycles. The van der Waals surface area contributed by atoms with Crippen molar-refractivity contribution in [2.45, 2.75) is 57.2 Å². The van der Waals surface area contributed by atoms with Crippen LogP contribution >= 0.6 is 0 Å². The molecule has 0 aliphatic carbocycles. The SMILES string of the molecule is [2H]C([2H])(Oc1nc(N2C[C@H]3CC[C@@H](C2)N3)c2cnc(-c3cc(O)cc4ccc(F)c(CC)c34)c(F)c2n1)[C@@H]1CCCN1C. The summed E-state index contributed by atoms with van der Waals surface area (Å²) in [4.78, 5) is 17.6. The first-order valence-corrected chi connectivity index (χ1v) is 14.3. The molecule has 214 valence electrons. The molecule has 3 aliphatic rings. The molecule has 3 fully saturated rings. The monoisotopic (exact) mass is 562 g/mol. The molecule has 4 aromatic rings. The van der Waals surface area contributed by atoms with E-state index in [9.17, 15) is 9.50 Å². The summed E-state index contributed by atoms with van der Waals surface area (Å²) in [6, 6.07) is 5.59. The number of aromatic hydroxyl groups is 1. The summed E-state index contributed by atoms with van der Waals surface area (Å²) in [6.45, 7) is 1.76. The Balaban J connectivity index is 1.42. The fourth-order valence-corrected chi connectivity index (χ4v) is 6.68. The van der Waals surface area contributed by atoms with E-state index in [1.165, 1.54) is 24.4 Å². The number of likely N-dealkylation sites (tertiary alicyclic amines) is 1. The van der Waals surface area contributed by atoms with Crippen molar-refractivity contribution in [2.24, 2.45) is 0 Å². The van der Waals surface area contributed by atoms with Crippen LogP contribution in [0.1, 0.15) is 40.9 Å². The fourth-order valence-electron chi connectivity index (χ4n) is 6.68. The van der Waals surface area contributed by atoms with Gasteiger partial charge < -0.3 is 25.0 Å². The lowest BCUT2D eigenvalue weighted by Crippen LogP contribution is -2.51. The van der Waals surface area contributed by atoms with Crippen LogP contribution in [0.3, 0.4) is 0 Å². The maximum atomic E-state index is 16.7. The standard InChI is InChI=1S/C31H34F2N6O2/c1-3-22-25(32)9-6-17-11-21(40)12-23(26(17)22)28-27(33)29-24(13-34-28)30(39-14-18-7-8-19(15-39)35-18)37-31(36-29)41-16-20-5-4-10-38(20)2/h6,9,11-13,18-20,35,40H,3-5,7-8,10,14-16H2,1-2H3/t18-,19+,20-/m0/s1/i16D2. The van der Waals surface area contributed by atoms with E-state index < -0.39 is 24.2 Å². The number of aryl methyl sites for hydroxylation is 1. The number of aromatic nitrogens is 3. The molecule has 0 amide bonds. The third kappa shape index (κ3) is 4.63. The molecule has 2 bridgehead atoms. The van der Waals surface area contributed by atoms with Crippen molar-refractivity contribution < 1.29 is 21.4 Å². The van der Waals surface area contributed by atoms with Gasteiger partial charge in [0.15, 0.2) is 5.82 Å². The highest BCUT2D eigenvalue weighted by atomic mass is 19.1. The van der Waals surface area contributed by atoms with Gasteiger partial charge in [0.1, 0.15) is 35.2 Å². The maximum absolute atomic E-state index is 16.7. The van der Waals surface area contributed by atoms with E-state index in [1.807, 2.05) is 18.9 Å². The van der Waals surface area contributed by atoms with Gasteiger partial charge in [-0.05, 0) is 80.2 Å². The number of likely N-dealkylation sites (N-methyl/N-ethyl adjacent to an activating group) is 1. The number of fused-ring (bicyclic) bond motifs is 4. The minimum atomic E-state index is -2.11. The van der Waals surface area contributed by atoms with Crippen LogP contribution in [0.15, 0.2) is 30.5 Å². The zero-order valence-electron chi connectivity index (χ0n) is 25.1. The van der Waals surface area contributed by atoms with Crippen LogP contribution < -0.4 is 15.0 Å². The van der Waals surface area contributed by atoms with Crippen LogP contribution in [0.5, 0.6) is 11.8 Å². The molecule has 0 saturated carbocycles. The number of hydrogen-bond acceptors (Lipinski definition) is 8. The fraction of sp³-hybridized carbons (Fsp3) is 0.452. The maximum Gasteiger partial charge on any atom is 0.319 e. The van der Waals surface area contributed by atoms with Crippen LogP contribution in [0.25, 0.3) is 32.9 Å². The summed E-state index contributed by atoms with van der Waals surface area (Å²) in [5, 5.41) is 15.5. The Hall–Kier alpha value is -3.63. The van der Waals surface area contributed by atoms with Gasteiger partial charge in [0.05, 0.1) is 8.13 Å². The average molecular weight is 563 g/mol. The van der Waals surface area contributed by atoms with E-state index in [2.05, 4.69) is 25.2 Å². The first-order valence-electron chi connectivity index (χ1n) is 15.3. The number of halogens is 2. The van der Waals surface area contributed by atoms with E-state index in [-0.39, 0.29) is 40.6 Å². The lowest BCUT2D eigenvalue weighted by Gasteiger charge is -2.34. The van der Waals surface area contributed by atoms with Gasteiger partial charge in [-0.1, -0.05) is 13.0 Å². The van der Waals surface area contributed by atoms with Crippen molar-refractivity contribution in [1.29, 1.82) is 0 Å². The predicted octanol–water partition coefficient (Wildman–Crippen LogP) is 4.80. The number of phenolic OH excluding ortho intramolecular Hbond substituents is 1. The molecule has 8 nitrogen and oxygen atoms in total. The Labute approximate surface area is 240 Å². The molecule has 0 radical (unpaired) electrons. The Morgan fingerprint density at radius 1 is 1.15 bits per heavy atom. The van der Waals surface area contributed by atoms with Crippen molar-refractivity contribution in [3.8, 4) is 23.0 Å². The number of hydrogen-bond donors (Lipinski definition) is 2. The third-order valence-corrected chi connectivity index (χ3v) is 8.73. The Morgan fingerprint density at radius 2 is 1.95 bits per heavy atom. The van der Waals surface area contributed by atoms with Crippen LogP contribution in [-0.4, -0.2) is 76.3 Å². The summed E-state index contributed by atoms with van der Waals surface area (Å²) in [5.41, 5.74) is 0.475. The molecule has 3 aliphatic heterocycles. The topological polar surface area (TPSA) is 86.6 Å². The number of ether oxygens (including phenoxy) is 1.